The molecule has 0 atom stereocenters. The summed E-state index contributed by atoms with van der Waals surface area (Å²) in [5.74, 6) is 3.05. The summed E-state index contributed by atoms with van der Waals surface area (Å²) >= 11 is 3.97. The minimum atomic E-state index is -0.113. The molecule has 1 saturated heterocycles. The third-order valence-electron chi connectivity index (χ3n) is 4.16. The molecule has 1 fully saturated rings. The maximum Gasteiger partial charge on any atom is 0.258 e. The molecule has 0 unspecified atom stereocenters. The van der Waals surface area contributed by atoms with Gasteiger partial charge in [-0.15, -0.1) is 23.5 Å². The zero-order valence-electron chi connectivity index (χ0n) is 15.8. The summed E-state index contributed by atoms with van der Waals surface area (Å²) in [6, 6.07) is 16.4. The van der Waals surface area contributed by atoms with Gasteiger partial charge in [0.2, 0.25) is 0 Å². The average Bonchev–Trinajstić information content (AvgIpc) is 3.20. The molecule has 6 heteroatoms. The van der Waals surface area contributed by atoms with Crippen molar-refractivity contribution < 1.29 is 9.53 Å². The normalized spacial score (nSPS) is 14.5. The van der Waals surface area contributed by atoms with Crippen molar-refractivity contribution in [1.82, 2.24) is 10.2 Å². The second-order valence-corrected chi connectivity index (χ2v) is 9.49. The minimum absolute atomic E-state index is 0.0327. The van der Waals surface area contributed by atoms with Gasteiger partial charge in [0.15, 0.2) is 6.61 Å². The Bertz CT molecular complexity index is 727. The number of benzene rings is 2. The summed E-state index contributed by atoms with van der Waals surface area (Å²) < 4.78 is 6.14. The Morgan fingerprint density at radius 3 is 2.30 bits per heavy atom. The molecule has 2 aromatic rings. The monoisotopic (exact) mass is 402 g/mol. The van der Waals surface area contributed by atoms with Gasteiger partial charge in [0.1, 0.15) is 5.75 Å². The summed E-state index contributed by atoms with van der Waals surface area (Å²) in [5, 5.41) is 2.90. The van der Waals surface area contributed by atoms with Crippen molar-refractivity contribution in [3.05, 3.63) is 65.2 Å². The van der Waals surface area contributed by atoms with Gasteiger partial charge >= 0.3 is 0 Å². The second-order valence-electron chi connectivity index (χ2n) is 6.76. The first kappa shape index (κ1) is 20.1. The van der Waals surface area contributed by atoms with Gasteiger partial charge in [-0.2, -0.15) is 0 Å². The molecule has 0 aliphatic carbocycles. The molecule has 4 nitrogen and oxygen atoms in total. The highest BCUT2D eigenvalue weighted by molar-refractivity contribution is 8.19. The van der Waals surface area contributed by atoms with E-state index in [4.69, 9.17) is 4.74 Å². The number of hydrogen-bond acceptors (Lipinski definition) is 5. The Morgan fingerprint density at radius 2 is 1.67 bits per heavy atom. The van der Waals surface area contributed by atoms with Gasteiger partial charge in [0.05, 0.1) is 4.58 Å². The van der Waals surface area contributed by atoms with E-state index in [0.717, 1.165) is 17.9 Å². The van der Waals surface area contributed by atoms with E-state index in [0.29, 0.717) is 11.1 Å². The molecule has 0 bridgehead atoms. The zero-order valence-corrected chi connectivity index (χ0v) is 17.4. The maximum atomic E-state index is 12.0. The van der Waals surface area contributed by atoms with Crippen LogP contribution < -0.4 is 10.1 Å². The third-order valence-corrected chi connectivity index (χ3v) is 7.26. The molecule has 27 heavy (non-hydrogen) atoms. The van der Waals surface area contributed by atoms with E-state index in [2.05, 4.69) is 46.6 Å². The quantitative estimate of drug-likeness (QED) is 0.725. The molecule has 1 aliphatic heterocycles. The van der Waals surface area contributed by atoms with Crippen LogP contribution in [0.4, 0.5) is 0 Å². The fraction of sp³-hybridized carbons (Fsp3) is 0.381. The van der Waals surface area contributed by atoms with Gasteiger partial charge in [-0.25, -0.2) is 0 Å². The van der Waals surface area contributed by atoms with E-state index in [1.165, 1.54) is 22.6 Å². The van der Waals surface area contributed by atoms with Crippen LogP contribution in [-0.2, 0) is 17.9 Å². The topological polar surface area (TPSA) is 41.6 Å². The summed E-state index contributed by atoms with van der Waals surface area (Å²) in [7, 11) is 4.10. The molecule has 1 amide bonds. The van der Waals surface area contributed by atoms with Crippen LogP contribution in [0.2, 0.25) is 0 Å². The molecule has 0 radical (unpaired) electrons. The molecule has 1 aliphatic rings. The van der Waals surface area contributed by atoms with Crippen molar-refractivity contribution in [1.29, 1.82) is 0 Å². The van der Waals surface area contributed by atoms with Gasteiger partial charge in [0.25, 0.3) is 5.91 Å². The van der Waals surface area contributed by atoms with E-state index >= 15 is 0 Å². The van der Waals surface area contributed by atoms with Crippen molar-refractivity contribution in [2.24, 2.45) is 0 Å². The lowest BCUT2D eigenvalue weighted by Gasteiger charge is -2.11. The van der Waals surface area contributed by atoms with Crippen LogP contribution in [0.1, 0.15) is 21.3 Å². The highest BCUT2D eigenvalue weighted by Crippen LogP contribution is 2.45. The third kappa shape index (κ3) is 6.48. The number of carbonyl (C=O) groups is 1. The van der Waals surface area contributed by atoms with E-state index < -0.39 is 0 Å². The maximum absolute atomic E-state index is 12.0. The first-order chi connectivity index (χ1) is 13.1. The van der Waals surface area contributed by atoms with Crippen LogP contribution in [0, 0.1) is 0 Å². The molecule has 1 N–H and O–H groups in total. The zero-order chi connectivity index (χ0) is 19.1. The second kappa shape index (κ2) is 10.1. The highest BCUT2D eigenvalue weighted by atomic mass is 32.2. The predicted molar refractivity (Wildman–Crippen MR) is 115 cm³/mol. The summed E-state index contributed by atoms with van der Waals surface area (Å²) in [6.07, 6.45) is 0. The van der Waals surface area contributed by atoms with Gasteiger partial charge in [0, 0.05) is 24.6 Å². The average molecular weight is 403 g/mol. The number of rotatable bonds is 8. The molecular formula is C21H26N2O2S2. The molecular weight excluding hydrogens is 376 g/mol. The van der Waals surface area contributed by atoms with Crippen molar-refractivity contribution >= 4 is 29.4 Å². The Morgan fingerprint density at radius 1 is 1.04 bits per heavy atom. The van der Waals surface area contributed by atoms with E-state index in [1.54, 1.807) is 0 Å². The lowest BCUT2D eigenvalue weighted by atomic mass is 10.1. The molecule has 0 aromatic heterocycles. The number of nitrogens with one attached hydrogen (secondary N) is 1. The smallest absolute Gasteiger partial charge is 0.258 e. The van der Waals surface area contributed by atoms with Gasteiger partial charge < -0.3 is 15.0 Å². The summed E-state index contributed by atoms with van der Waals surface area (Å²) in [4.78, 5) is 14.2. The van der Waals surface area contributed by atoms with Crippen LogP contribution in [0.25, 0.3) is 0 Å². The number of ether oxygens (including phenoxy) is 1. The molecule has 2 aromatic carbocycles. The lowest BCUT2D eigenvalue weighted by Crippen LogP contribution is -2.28. The van der Waals surface area contributed by atoms with Crippen molar-refractivity contribution in [3.8, 4) is 5.75 Å². The highest BCUT2D eigenvalue weighted by Gasteiger charge is 2.17. The number of thioether (sulfide) groups is 2. The predicted octanol–water partition coefficient (Wildman–Crippen LogP) is 3.92. The van der Waals surface area contributed by atoms with Gasteiger partial charge in [-0.1, -0.05) is 36.4 Å². The fourth-order valence-electron chi connectivity index (χ4n) is 2.80. The molecule has 3 rings (SSSR count). The van der Waals surface area contributed by atoms with Gasteiger partial charge in [-0.05, 0) is 42.9 Å². The Kier molecular flexibility index (Phi) is 7.50. The first-order valence-electron chi connectivity index (χ1n) is 9.05. The Balaban J connectivity index is 1.40. The van der Waals surface area contributed by atoms with Crippen LogP contribution in [0.3, 0.4) is 0 Å². The molecule has 1 heterocycles. The molecule has 0 saturated carbocycles. The van der Waals surface area contributed by atoms with Gasteiger partial charge in [-0.3, -0.25) is 4.79 Å². The van der Waals surface area contributed by atoms with Crippen LogP contribution in [0.15, 0.2) is 48.5 Å². The van der Waals surface area contributed by atoms with Crippen LogP contribution in [-0.4, -0.2) is 43.0 Å². The Labute approximate surface area is 170 Å². The van der Waals surface area contributed by atoms with E-state index in [1.807, 2.05) is 49.8 Å². The minimum Gasteiger partial charge on any atom is -0.484 e. The van der Waals surface area contributed by atoms with Crippen LogP contribution >= 0.6 is 23.5 Å². The Hall–Kier alpha value is -1.63. The number of amides is 1. The van der Waals surface area contributed by atoms with Crippen molar-refractivity contribution in [2.75, 3.05) is 32.2 Å². The number of carbonyl (C=O) groups excluding carboxylic acids is 1. The molecule has 144 valence electrons. The lowest BCUT2D eigenvalue weighted by molar-refractivity contribution is -0.123. The number of nitrogens with zero attached hydrogens (tertiary/aromatic N) is 1. The van der Waals surface area contributed by atoms with Crippen molar-refractivity contribution in [3.63, 3.8) is 0 Å². The summed E-state index contributed by atoms with van der Waals surface area (Å²) in [6.45, 7) is 1.46. The molecule has 0 spiro atoms. The van der Waals surface area contributed by atoms with E-state index in [-0.39, 0.29) is 12.5 Å². The first-order valence-corrected chi connectivity index (χ1v) is 11.1. The number of hydrogen-bond donors (Lipinski definition) is 1. The van der Waals surface area contributed by atoms with Crippen LogP contribution in [0.5, 0.6) is 5.75 Å². The standard InChI is InChI=1S/C21H26N2O2S2/c1-23(2)14-17-5-3-16(4-6-17)13-22-20(24)15-25-19-9-7-18(8-10-19)21-26-11-12-27-21/h3-10,21H,11-15H2,1-2H3,(H,22,24). The van der Waals surface area contributed by atoms with E-state index in [9.17, 15) is 4.79 Å². The summed E-state index contributed by atoms with van der Waals surface area (Å²) in [5.41, 5.74) is 3.66. The fourth-order valence-corrected chi connectivity index (χ4v) is 5.66. The SMILES string of the molecule is CN(C)Cc1ccc(CNC(=O)COc2ccc(C3SCCS3)cc2)cc1. The largest absolute Gasteiger partial charge is 0.484 e. The van der Waals surface area contributed by atoms with Crippen molar-refractivity contribution in [2.45, 2.75) is 17.7 Å².